The van der Waals surface area contributed by atoms with Crippen molar-refractivity contribution in [3.05, 3.63) is 72.0 Å². The molecule has 14 heteroatoms. The lowest BCUT2D eigenvalue weighted by Crippen LogP contribution is -2.43. The number of rotatable bonds is 8. The first-order chi connectivity index (χ1) is 18.2. The van der Waals surface area contributed by atoms with Crippen molar-refractivity contribution in [1.29, 1.82) is 0 Å². The van der Waals surface area contributed by atoms with Gasteiger partial charge in [0.1, 0.15) is 23.4 Å². The highest BCUT2D eigenvalue weighted by Crippen LogP contribution is 2.42. The average Bonchev–Trinajstić information content (AvgIpc) is 2.85. The number of halogens is 6. The van der Waals surface area contributed by atoms with E-state index in [0.29, 0.717) is 12.1 Å². The Morgan fingerprint density at radius 2 is 1.82 bits per heavy atom. The molecule has 0 saturated heterocycles. The summed E-state index contributed by atoms with van der Waals surface area (Å²) in [5.41, 5.74) is -1.13. The summed E-state index contributed by atoms with van der Waals surface area (Å²) in [6.07, 6.45) is -6.25. The number of benzene rings is 3. The van der Waals surface area contributed by atoms with Gasteiger partial charge in [0.25, 0.3) is 10.0 Å². The van der Waals surface area contributed by atoms with Crippen molar-refractivity contribution in [1.82, 2.24) is 0 Å². The first-order valence-electron chi connectivity index (χ1n) is 11.2. The monoisotopic (exact) mass is 575 g/mol. The number of aliphatic carboxylic acids is 1. The van der Waals surface area contributed by atoms with Gasteiger partial charge >= 0.3 is 18.8 Å². The predicted octanol–water partition coefficient (Wildman–Crippen LogP) is 5.93. The molecule has 0 radical (unpaired) electrons. The average molecular weight is 575 g/mol. The number of alkyl halides is 5. The zero-order chi connectivity index (χ0) is 28.5. The van der Waals surface area contributed by atoms with Crippen LogP contribution in [-0.4, -0.2) is 38.8 Å². The van der Waals surface area contributed by atoms with Crippen LogP contribution in [0.1, 0.15) is 18.4 Å². The number of anilines is 1. The normalized spacial score (nSPS) is 15.6. The maximum absolute atomic E-state index is 14.1. The Morgan fingerprint density at radius 1 is 1.08 bits per heavy atom. The molecule has 0 spiro atoms. The smallest absolute Gasteiger partial charge is 0.416 e. The third kappa shape index (κ3) is 6.38. The molecule has 208 valence electrons. The van der Waals surface area contributed by atoms with Gasteiger partial charge < -0.3 is 14.6 Å². The van der Waals surface area contributed by atoms with Crippen molar-refractivity contribution in [3.63, 3.8) is 0 Å². The Kier molecular flexibility index (Phi) is 7.68. The van der Waals surface area contributed by atoms with Crippen LogP contribution in [0.3, 0.4) is 0 Å². The van der Waals surface area contributed by atoms with Gasteiger partial charge in [0.05, 0.1) is 22.7 Å². The van der Waals surface area contributed by atoms with Crippen LogP contribution >= 0.6 is 0 Å². The molecule has 1 N–H and O–H groups in total. The van der Waals surface area contributed by atoms with Crippen LogP contribution in [0.2, 0.25) is 0 Å². The van der Waals surface area contributed by atoms with Gasteiger partial charge in [0, 0.05) is 12.5 Å². The van der Waals surface area contributed by atoms with E-state index in [1.165, 1.54) is 18.2 Å². The molecule has 0 aliphatic carbocycles. The summed E-state index contributed by atoms with van der Waals surface area (Å²) in [7, 11) is -4.65. The molecule has 3 aromatic rings. The molecule has 1 aliphatic rings. The Balaban J connectivity index is 1.81. The summed E-state index contributed by atoms with van der Waals surface area (Å²) < 4.78 is 117. The largest absolute Gasteiger partial charge is 0.486 e. The van der Waals surface area contributed by atoms with E-state index in [9.17, 15) is 39.6 Å². The molecule has 0 aromatic heterocycles. The highest BCUT2D eigenvalue weighted by atomic mass is 32.2. The van der Waals surface area contributed by atoms with Crippen molar-refractivity contribution in [2.45, 2.75) is 36.6 Å². The van der Waals surface area contributed by atoms with E-state index < -0.39 is 63.5 Å². The standard InChI is InChI=1S/C25H19F6NO6S/c26-17-8-15(9-19(12-17)38-24(27)28)14-4-6-22-21(10-14)32(13-18(37-22)5-7-23(33)34)39(35,36)20-3-1-2-16(11-20)25(29,30)31/h1-4,6,8-12,18,24H,5,7,13H2,(H,33,34)/t18-/m0/s1. The van der Waals surface area contributed by atoms with Crippen LogP contribution in [0.4, 0.5) is 32.0 Å². The van der Waals surface area contributed by atoms with E-state index in [1.54, 1.807) is 0 Å². The number of sulfonamides is 1. The van der Waals surface area contributed by atoms with Gasteiger partial charge in [-0.1, -0.05) is 12.1 Å². The quantitative estimate of drug-likeness (QED) is 0.335. The van der Waals surface area contributed by atoms with E-state index in [1.807, 2.05) is 0 Å². The fourth-order valence-corrected chi connectivity index (χ4v) is 5.56. The second kappa shape index (κ2) is 10.7. The molecule has 1 atom stereocenters. The number of carbonyl (C=O) groups is 1. The van der Waals surface area contributed by atoms with Crippen molar-refractivity contribution in [3.8, 4) is 22.6 Å². The Bertz CT molecular complexity index is 1490. The van der Waals surface area contributed by atoms with Crippen LogP contribution in [0, 0.1) is 5.82 Å². The van der Waals surface area contributed by atoms with E-state index in [4.69, 9.17) is 9.84 Å². The molecule has 1 heterocycles. The van der Waals surface area contributed by atoms with Crippen molar-refractivity contribution >= 4 is 21.7 Å². The Labute approximate surface area is 218 Å². The van der Waals surface area contributed by atoms with Crippen LogP contribution in [0.5, 0.6) is 11.5 Å². The first-order valence-corrected chi connectivity index (χ1v) is 12.7. The summed E-state index contributed by atoms with van der Waals surface area (Å²) in [5, 5.41) is 9.03. The third-order valence-corrected chi connectivity index (χ3v) is 7.53. The van der Waals surface area contributed by atoms with E-state index in [0.717, 1.165) is 34.6 Å². The van der Waals surface area contributed by atoms with Gasteiger partial charge in [-0.05, 0) is 60.0 Å². The minimum atomic E-state index is -4.82. The van der Waals surface area contributed by atoms with Gasteiger partial charge in [-0.25, -0.2) is 12.8 Å². The number of hydrogen-bond donors (Lipinski definition) is 1. The van der Waals surface area contributed by atoms with Gasteiger partial charge in [-0.2, -0.15) is 22.0 Å². The lowest BCUT2D eigenvalue weighted by molar-refractivity contribution is -0.138. The number of carboxylic acids is 1. The number of carboxylic acid groups (broad SMARTS) is 1. The topological polar surface area (TPSA) is 93.1 Å². The number of nitrogens with zero attached hydrogens (tertiary/aromatic N) is 1. The second-order valence-electron chi connectivity index (χ2n) is 8.47. The number of hydrogen-bond acceptors (Lipinski definition) is 5. The number of fused-ring (bicyclic) bond motifs is 1. The molecule has 4 rings (SSSR count). The SMILES string of the molecule is O=C(O)CC[C@H]1CN(S(=O)(=O)c2cccc(C(F)(F)F)c2)c2cc(-c3cc(F)cc(OC(F)F)c3)ccc2O1. The highest BCUT2D eigenvalue weighted by molar-refractivity contribution is 7.92. The van der Waals surface area contributed by atoms with Crippen LogP contribution < -0.4 is 13.8 Å². The maximum atomic E-state index is 14.1. The summed E-state index contributed by atoms with van der Waals surface area (Å²) in [5.74, 6) is -2.60. The van der Waals surface area contributed by atoms with Crippen LogP contribution in [0.15, 0.2) is 65.6 Å². The summed E-state index contributed by atoms with van der Waals surface area (Å²) in [6.45, 7) is -3.67. The van der Waals surface area contributed by atoms with Crippen LogP contribution in [0.25, 0.3) is 11.1 Å². The molecule has 7 nitrogen and oxygen atoms in total. The van der Waals surface area contributed by atoms with Crippen molar-refractivity contribution in [2.75, 3.05) is 10.8 Å². The molecule has 0 amide bonds. The summed E-state index contributed by atoms with van der Waals surface area (Å²) in [4.78, 5) is 10.4. The van der Waals surface area contributed by atoms with Crippen molar-refractivity contribution in [2.24, 2.45) is 0 Å². The molecule has 39 heavy (non-hydrogen) atoms. The molecule has 0 fully saturated rings. The zero-order valence-corrected chi connectivity index (χ0v) is 20.5. The van der Waals surface area contributed by atoms with Crippen LogP contribution in [-0.2, 0) is 21.0 Å². The van der Waals surface area contributed by atoms with E-state index in [2.05, 4.69) is 4.74 Å². The fourth-order valence-electron chi connectivity index (χ4n) is 4.01. The lowest BCUT2D eigenvalue weighted by Gasteiger charge is -2.36. The highest BCUT2D eigenvalue weighted by Gasteiger charge is 2.37. The summed E-state index contributed by atoms with van der Waals surface area (Å²) >= 11 is 0. The van der Waals surface area contributed by atoms with Gasteiger partial charge in [-0.15, -0.1) is 0 Å². The zero-order valence-electron chi connectivity index (χ0n) is 19.7. The van der Waals surface area contributed by atoms with E-state index >= 15 is 0 Å². The summed E-state index contributed by atoms with van der Waals surface area (Å²) in [6, 6.07) is 9.86. The van der Waals surface area contributed by atoms with Gasteiger partial charge in [0.15, 0.2) is 0 Å². The molecular weight excluding hydrogens is 556 g/mol. The van der Waals surface area contributed by atoms with Crippen molar-refractivity contribution < 1.29 is 54.1 Å². The lowest BCUT2D eigenvalue weighted by atomic mass is 10.0. The van der Waals surface area contributed by atoms with Gasteiger partial charge in [0.2, 0.25) is 0 Å². The van der Waals surface area contributed by atoms with Gasteiger partial charge in [-0.3, -0.25) is 9.10 Å². The molecule has 1 aliphatic heterocycles. The molecule has 0 saturated carbocycles. The molecule has 0 bridgehead atoms. The molecular formula is C25H19F6NO6S. The molecule has 3 aromatic carbocycles. The first kappa shape index (κ1) is 28.1. The Hall–Kier alpha value is -3.94. The minimum absolute atomic E-state index is 0.0311. The minimum Gasteiger partial charge on any atom is -0.486 e. The second-order valence-corrected chi connectivity index (χ2v) is 10.3. The van der Waals surface area contributed by atoms with E-state index in [-0.39, 0.29) is 35.4 Å². The predicted molar refractivity (Wildman–Crippen MR) is 126 cm³/mol. The molecule has 0 unspecified atom stereocenters. The third-order valence-electron chi connectivity index (χ3n) is 5.75. The fraction of sp³-hybridized carbons (Fsp3) is 0.240. The number of ether oxygens (including phenoxy) is 2. The Morgan fingerprint density at radius 3 is 2.49 bits per heavy atom. The maximum Gasteiger partial charge on any atom is 0.416 e.